The molecule has 0 spiro atoms. The molecule has 0 N–H and O–H groups in total. The zero-order valence-corrected chi connectivity index (χ0v) is 15.7. The fourth-order valence-corrected chi connectivity index (χ4v) is 6.27. The van der Waals surface area contributed by atoms with E-state index in [1.807, 2.05) is 0 Å². The molecule has 1 heterocycles. The van der Waals surface area contributed by atoms with E-state index in [0.29, 0.717) is 23.2 Å². The van der Waals surface area contributed by atoms with E-state index >= 15 is 0 Å². The summed E-state index contributed by atoms with van der Waals surface area (Å²) in [6.45, 7) is -0.344. The Morgan fingerprint density at radius 2 is 1.50 bits per heavy atom. The normalized spacial score (nSPS) is 19.0. The van der Waals surface area contributed by atoms with E-state index in [1.165, 1.54) is 24.3 Å². The first kappa shape index (κ1) is 19.2. The Kier molecular flexibility index (Phi) is 5.08. The lowest BCUT2D eigenvalue weighted by atomic mass is 10.3. The predicted octanol–water partition coefficient (Wildman–Crippen LogP) is 2.86. The molecule has 1 unspecified atom stereocenters. The van der Waals surface area contributed by atoms with Gasteiger partial charge in [-0.3, -0.25) is 0 Å². The molecule has 1 aliphatic heterocycles. The lowest BCUT2D eigenvalue weighted by Crippen LogP contribution is -2.32. The van der Waals surface area contributed by atoms with Crippen LogP contribution in [-0.2, 0) is 19.9 Å². The van der Waals surface area contributed by atoms with Gasteiger partial charge in [0.2, 0.25) is 10.0 Å². The van der Waals surface area contributed by atoms with Gasteiger partial charge in [-0.2, -0.15) is 4.31 Å². The minimum Gasteiger partial charge on any atom is -0.223 e. The van der Waals surface area contributed by atoms with E-state index in [0.717, 1.165) is 4.31 Å². The minimum atomic E-state index is -4.20. The molecule has 26 heavy (non-hydrogen) atoms. The van der Waals surface area contributed by atoms with Crippen LogP contribution >= 0.6 is 11.6 Å². The molecule has 0 radical (unpaired) electrons. The van der Waals surface area contributed by atoms with Gasteiger partial charge < -0.3 is 0 Å². The molecule has 10 heteroatoms. The summed E-state index contributed by atoms with van der Waals surface area (Å²) in [5, 5.41) is -0.565. The summed E-state index contributed by atoms with van der Waals surface area (Å²) in [5.74, 6) is -2.04. The highest BCUT2D eigenvalue weighted by atomic mass is 35.5. The maximum Gasteiger partial charge on any atom is 0.243 e. The van der Waals surface area contributed by atoms with E-state index in [-0.39, 0.29) is 24.4 Å². The zero-order valence-electron chi connectivity index (χ0n) is 13.3. The molecule has 1 aliphatic rings. The Balaban J connectivity index is 1.86. The highest BCUT2D eigenvalue weighted by Gasteiger charge is 2.39. The monoisotopic (exact) mass is 421 g/mol. The number of hydrogen-bond donors (Lipinski definition) is 0. The fourth-order valence-electron chi connectivity index (χ4n) is 2.81. The van der Waals surface area contributed by atoms with E-state index in [2.05, 4.69) is 0 Å². The molecule has 3 rings (SSSR count). The van der Waals surface area contributed by atoms with Gasteiger partial charge in [-0.1, -0.05) is 11.6 Å². The van der Waals surface area contributed by atoms with Crippen LogP contribution in [0.2, 0.25) is 5.02 Å². The van der Waals surface area contributed by atoms with Crippen molar-refractivity contribution >= 4 is 31.5 Å². The van der Waals surface area contributed by atoms with Crippen LogP contribution < -0.4 is 0 Å². The first-order valence-corrected chi connectivity index (χ1v) is 10.9. The Morgan fingerprint density at radius 3 is 2.08 bits per heavy atom. The number of rotatable bonds is 4. The molecular formula is C16H14ClF2NO4S2. The maximum absolute atomic E-state index is 13.3. The quantitative estimate of drug-likeness (QED) is 0.761. The van der Waals surface area contributed by atoms with Crippen molar-refractivity contribution in [1.29, 1.82) is 0 Å². The molecule has 1 saturated heterocycles. The molecule has 0 aliphatic carbocycles. The summed E-state index contributed by atoms with van der Waals surface area (Å²) >= 11 is 5.75. The van der Waals surface area contributed by atoms with E-state index in [4.69, 9.17) is 11.6 Å². The topological polar surface area (TPSA) is 71.5 Å². The first-order valence-electron chi connectivity index (χ1n) is 7.56. The second kappa shape index (κ2) is 6.88. The lowest BCUT2D eigenvalue weighted by molar-refractivity contribution is 0.474. The highest BCUT2D eigenvalue weighted by molar-refractivity contribution is 7.92. The molecular weight excluding hydrogens is 408 g/mol. The van der Waals surface area contributed by atoms with Gasteiger partial charge in [-0.25, -0.2) is 25.6 Å². The summed E-state index contributed by atoms with van der Waals surface area (Å²) in [6, 6.07) is 7.57. The number of halogens is 3. The van der Waals surface area contributed by atoms with Gasteiger partial charge in [-0.05, 0) is 42.8 Å². The van der Waals surface area contributed by atoms with Gasteiger partial charge in [0.15, 0.2) is 9.84 Å². The third kappa shape index (κ3) is 3.62. The van der Waals surface area contributed by atoms with Crippen LogP contribution in [0.15, 0.2) is 52.3 Å². The van der Waals surface area contributed by atoms with Crippen molar-refractivity contribution in [3.63, 3.8) is 0 Å². The molecule has 1 atom stereocenters. The molecule has 0 amide bonds. The average Bonchev–Trinajstić information content (AvgIpc) is 3.06. The van der Waals surface area contributed by atoms with Crippen molar-refractivity contribution in [3.8, 4) is 0 Å². The fraction of sp³-hybridized carbons (Fsp3) is 0.250. The second-order valence-corrected chi connectivity index (χ2v) is 10.5. The third-order valence-corrected chi connectivity index (χ3v) is 8.45. The number of nitrogens with zero attached hydrogens (tertiary/aromatic N) is 1. The van der Waals surface area contributed by atoms with Crippen LogP contribution in [-0.4, -0.2) is 39.5 Å². The Bertz CT molecular complexity index is 1020. The van der Waals surface area contributed by atoms with Crippen molar-refractivity contribution in [2.75, 3.05) is 13.1 Å². The highest BCUT2D eigenvalue weighted by Crippen LogP contribution is 2.29. The van der Waals surface area contributed by atoms with Crippen molar-refractivity contribution < 1.29 is 25.6 Å². The van der Waals surface area contributed by atoms with Crippen LogP contribution in [0, 0.1) is 11.6 Å². The van der Waals surface area contributed by atoms with Crippen LogP contribution in [0.3, 0.4) is 0 Å². The number of sulfonamides is 1. The van der Waals surface area contributed by atoms with Gasteiger partial charge in [0.25, 0.3) is 0 Å². The van der Waals surface area contributed by atoms with Crippen molar-refractivity contribution in [1.82, 2.24) is 4.31 Å². The Hall–Kier alpha value is -1.55. The van der Waals surface area contributed by atoms with Crippen molar-refractivity contribution in [2.24, 2.45) is 0 Å². The van der Waals surface area contributed by atoms with Gasteiger partial charge in [-0.15, -0.1) is 0 Å². The molecule has 0 aromatic heterocycles. The standard InChI is InChI=1S/C16H14ClF2NO4S2/c17-11-1-3-14(4-2-11)25(21,22)15-5-6-20(10-15)26(23,24)16-8-12(18)7-13(19)9-16/h1-4,7-9,15H,5-6,10H2. The third-order valence-electron chi connectivity index (χ3n) is 4.16. The molecule has 140 valence electrons. The van der Waals surface area contributed by atoms with Gasteiger partial charge in [0.1, 0.15) is 11.6 Å². The SMILES string of the molecule is O=S(=O)(c1ccc(Cl)cc1)C1CCN(S(=O)(=O)c2cc(F)cc(F)c2)C1. The lowest BCUT2D eigenvalue weighted by Gasteiger charge is -2.17. The number of benzene rings is 2. The summed E-state index contributed by atoms with van der Waals surface area (Å²) in [5.41, 5.74) is 0. The van der Waals surface area contributed by atoms with Crippen LogP contribution in [0.1, 0.15) is 6.42 Å². The number of hydrogen-bond acceptors (Lipinski definition) is 4. The summed E-state index contributed by atoms with van der Waals surface area (Å²) < 4.78 is 78.1. The Labute approximate surface area is 155 Å². The summed E-state index contributed by atoms with van der Waals surface area (Å²) in [6.07, 6.45) is 0.0853. The smallest absolute Gasteiger partial charge is 0.223 e. The van der Waals surface area contributed by atoms with Gasteiger partial charge >= 0.3 is 0 Å². The second-order valence-electron chi connectivity index (χ2n) is 5.88. The number of sulfone groups is 1. The van der Waals surface area contributed by atoms with Gasteiger partial charge in [0.05, 0.1) is 15.0 Å². The molecule has 5 nitrogen and oxygen atoms in total. The summed E-state index contributed by atoms with van der Waals surface area (Å²) in [7, 11) is -7.96. The van der Waals surface area contributed by atoms with Crippen LogP contribution in [0.25, 0.3) is 0 Å². The van der Waals surface area contributed by atoms with Crippen molar-refractivity contribution in [2.45, 2.75) is 21.5 Å². The molecule has 1 fully saturated rings. The predicted molar refractivity (Wildman–Crippen MR) is 92.2 cm³/mol. The molecule has 2 aromatic rings. The molecule has 0 saturated carbocycles. The van der Waals surface area contributed by atoms with E-state index < -0.39 is 41.6 Å². The average molecular weight is 422 g/mol. The van der Waals surface area contributed by atoms with E-state index in [9.17, 15) is 25.6 Å². The molecule has 0 bridgehead atoms. The van der Waals surface area contributed by atoms with Gasteiger partial charge in [0, 0.05) is 24.2 Å². The van der Waals surface area contributed by atoms with Crippen LogP contribution in [0.5, 0.6) is 0 Å². The zero-order chi connectivity index (χ0) is 19.1. The largest absolute Gasteiger partial charge is 0.243 e. The van der Waals surface area contributed by atoms with Crippen molar-refractivity contribution in [3.05, 3.63) is 59.1 Å². The first-order chi connectivity index (χ1) is 12.1. The maximum atomic E-state index is 13.3. The minimum absolute atomic E-state index is 0.0444. The van der Waals surface area contributed by atoms with E-state index in [1.54, 1.807) is 0 Å². The summed E-state index contributed by atoms with van der Waals surface area (Å²) in [4.78, 5) is -0.498. The molecule has 2 aromatic carbocycles. The van der Waals surface area contributed by atoms with Crippen LogP contribution in [0.4, 0.5) is 8.78 Å². The Morgan fingerprint density at radius 1 is 0.923 bits per heavy atom.